The minimum atomic E-state index is -0.567. The van der Waals surface area contributed by atoms with Crippen molar-refractivity contribution in [3.63, 3.8) is 0 Å². The smallest absolute Gasteiger partial charge is 0.254 e. The molecule has 2 aliphatic rings. The van der Waals surface area contributed by atoms with E-state index < -0.39 is 6.04 Å². The third-order valence-electron chi connectivity index (χ3n) is 5.90. The minimum Gasteiger partial charge on any atom is -0.341 e. The molecule has 30 heavy (non-hydrogen) atoms. The van der Waals surface area contributed by atoms with Crippen LogP contribution in [-0.2, 0) is 11.2 Å². The van der Waals surface area contributed by atoms with Crippen molar-refractivity contribution in [2.24, 2.45) is 0 Å². The second kappa shape index (κ2) is 10.1. The van der Waals surface area contributed by atoms with Crippen LogP contribution in [0.2, 0.25) is 0 Å². The summed E-state index contributed by atoms with van der Waals surface area (Å²) in [7, 11) is 0. The molecule has 1 aromatic carbocycles. The molecule has 0 radical (unpaired) electrons. The fourth-order valence-corrected chi connectivity index (χ4v) is 5.56. The van der Waals surface area contributed by atoms with Crippen molar-refractivity contribution >= 4 is 23.6 Å². The minimum absolute atomic E-state index is 0.0126. The number of nitrogens with one attached hydrogen (secondary N) is 1. The van der Waals surface area contributed by atoms with Gasteiger partial charge in [-0.3, -0.25) is 9.59 Å². The Bertz CT molecular complexity index is 862. The van der Waals surface area contributed by atoms with E-state index >= 15 is 0 Å². The molecule has 2 aromatic rings. The Labute approximate surface area is 182 Å². The third-order valence-corrected chi connectivity index (χ3v) is 7.25. The second-order valence-electron chi connectivity index (χ2n) is 8.13. The number of nitrogens with zero attached hydrogens (tertiary/aromatic N) is 2. The molecule has 0 spiro atoms. The van der Waals surface area contributed by atoms with Crippen molar-refractivity contribution in [3.05, 3.63) is 59.8 Å². The maximum absolute atomic E-state index is 13.2. The molecule has 0 bridgehead atoms. The van der Waals surface area contributed by atoms with Crippen LogP contribution < -0.4 is 5.32 Å². The number of hydrogen-bond donors (Lipinski definition) is 1. The van der Waals surface area contributed by atoms with Crippen molar-refractivity contribution < 1.29 is 9.59 Å². The van der Waals surface area contributed by atoms with Crippen molar-refractivity contribution in [2.75, 3.05) is 13.1 Å². The van der Waals surface area contributed by atoms with Gasteiger partial charge in [-0.1, -0.05) is 43.2 Å². The summed E-state index contributed by atoms with van der Waals surface area (Å²) in [5.74, 6) is -0.198. The molecule has 158 valence electrons. The van der Waals surface area contributed by atoms with E-state index in [1.54, 1.807) is 24.0 Å². The summed E-state index contributed by atoms with van der Waals surface area (Å²) < 4.78 is 0. The van der Waals surface area contributed by atoms with Gasteiger partial charge in [0.2, 0.25) is 5.91 Å². The molecule has 2 heterocycles. The van der Waals surface area contributed by atoms with Crippen LogP contribution in [-0.4, -0.2) is 46.1 Å². The van der Waals surface area contributed by atoms with Crippen LogP contribution in [0.3, 0.4) is 0 Å². The quantitative estimate of drug-likeness (QED) is 0.729. The van der Waals surface area contributed by atoms with Gasteiger partial charge in [0.05, 0.1) is 5.56 Å². The van der Waals surface area contributed by atoms with Crippen LogP contribution in [0, 0.1) is 0 Å². The Morgan fingerprint density at radius 3 is 2.50 bits per heavy atom. The highest BCUT2D eigenvalue weighted by Crippen LogP contribution is 2.35. The van der Waals surface area contributed by atoms with Crippen LogP contribution in [0.25, 0.3) is 0 Å². The Morgan fingerprint density at radius 2 is 1.77 bits per heavy atom. The highest BCUT2D eigenvalue weighted by Gasteiger charge is 2.29. The SMILES string of the molecule is O=C(NC(Cc1ccccc1)C(=O)N1CCCC1)c1cccnc1SC1CCCC1. The highest BCUT2D eigenvalue weighted by atomic mass is 32.2. The maximum Gasteiger partial charge on any atom is 0.254 e. The molecule has 1 atom stereocenters. The zero-order valence-electron chi connectivity index (χ0n) is 17.3. The van der Waals surface area contributed by atoms with Gasteiger partial charge >= 0.3 is 0 Å². The van der Waals surface area contributed by atoms with Gasteiger partial charge in [-0.25, -0.2) is 4.98 Å². The van der Waals surface area contributed by atoms with Crippen LogP contribution in [0.4, 0.5) is 0 Å². The molecule has 1 aliphatic carbocycles. The van der Waals surface area contributed by atoms with E-state index in [0.29, 0.717) is 17.2 Å². The van der Waals surface area contributed by atoms with Crippen LogP contribution >= 0.6 is 11.8 Å². The van der Waals surface area contributed by atoms with Gasteiger partial charge in [0.25, 0.3) is 5.91 Å². The highest BCUT2D eigenvalue weighted by molar-refractivity contribution is 7.99. The number of likely N-dealkylation sites (tertiary alicyclic amines) is 1. The number of hydrogen-bond acceptors (Lipinski definition) is 4. The molecule has 6 heteroatoms. The Balaban J connectivity index is 1.51. The van der Waals surface area contributed by atoms with Crippen molar-refractivity contribution in [3.8, 4) is 0 Å². The lowest BCUT2D eigenvalue weighted by molar-refractivity contribution is -0.132. The summed E-state index contributed by atoms with van der Waals surface area (Å²) in [4.78, 5) is 32.8. The molecule has 2 amide bonds. The predicted octanol–water partition coefficient (Wildman–Crippen LogP) is 4.08. The number of amides is 2. The van der Waals surface area contributed by atoms with Gasteiger partial charge in [0.15, 0.2) is 0 Å². The lowest BCUT2D eigenvalue weighted by Crippen LogP contribution is -2.49. The zero-order valence-corrected chi connectivity index (χ0v) is 18.1. The molecule has 1 N–H and O–H groups in total. The zero-order chi connectivity index (χ0) is 20.8. The summed E-state index contributed by atoms with van der Waals surface area (Å²) in [5, 5.41) is 4.34. The van der Waals surface area contributed by atoms with E-state index in [-0.39, 0.29) is 11.8 Å². The summed E-state index contributed by atoms with van der Waals surface area (Å²) in [5.41, 5.74) is 1.61. The molecule has 4 rings (SSSR count). The number of thioether (sulfide) groups is 1. The normalized spacial score (nSPS) is 17.8. The lowest BCUT2D eigenvalue weighted by Gasteiger charge is -2.24. The Morgan fingerprint density at radius 1 is 1.03 bits per heavy atom. The molecular formula is C24H29N3O2S. The van der Waals surface area contributed by atoms with E-state index in [4.69, 9.17) is 0 Å². The van der Waals surface area contributed by atoms with Gasteiger partial charge < -0.3 is 10.2 Å². The van der Waals surface area contributed by atoms with Gasteiger partial charge in [-0.2, -0.15) is 0 Å². The van der Waals surface area contributed by atoms with Gasteiger partial charge in [0, 0.05) is 31.0 Å². The summed E-state index contributed by atoms with van der Waals surface area (Å²) in [6.45, 7) is 1.55. The fourth-order valence-electron chi connectivity index (χ4n) is 4.27. The Kier molecular flexibility index (Phi) is 7.05. The van der Waals surface area contributed by atoms with Gasteiger partial charge in [-0.15, -0.1) is 11.8 Å². The van der Waals surface area contributed by atoms with E-state index in [1.165, 1.54) is 25.7 Å². The van der Waals surface area contributed by atoms with Crippen molar-refractivity contribution in [1.82, 2.24) is 15.2 Å². The van der Waals surface area contributed by atoms with E-state index in [1.807, 2.05) is 41.3 Å². The first-order chi connectivity index (χ1) is 14.7. The third kappa shape index (κ3) is 5.22. The summed E-state index contributed by atoms with van der Waals surface area (Å²) in [6, 6.07) is 12.9. The average Bonchev–Trinajstić information content (AvgIpc) is 3.48. The summed E-state index contributed by atoms with van der Waals surface area (Å²) in [6.07, 6.45) is 9.13. The van der Waals surface area contributed by atoms with Crippen LogP contribution in [0.15, 0.2) is 53.7 Å². The Hall–Kier alpha value is -2.34. The molecule has 1 aromatic heterocycles. The molecule has 2 fully saturated rings. The van der Waals surface area contributed by atoms with E-state index in [0.717, 1.165) is 36.5 Å². The first-order valence-electron chi connectivity index (χ1n) is 11.0. The largest absolute Gasteiger partial charge is 0.341 e. The number of aromatic nitrogens is 1. The first-order valence-corrected chi connectivity index (χ1v) is 11.8. The van der Waals surface area contributed by atoms with Gasteiger partial charge in [-0.05, 0) is 43.4 Å². The molecule has 1 saturated carbocycles. The first kappa shape index (κ1) is 20.9. The number of carbonyl (C=O) groups is 2. The molecule has 1 aliphatic heterocycles. The van der Waals surface area contributed by atoms with Crippen molar-refractivity contribution in [1.29, 1.82) is 0 Å². The number of carbonyl (C=O) groups excluding carboxylic acids is 2. The molecule has 5 nitrogen and oxygen atoms in total. The lowest BCUT2D eigenvalue weighted by atomic mass is 10.0. The molecule has 1 saturated heterocycles. The van der Waals surface area contributed by atoms with Crippen LogP contribution in [0.5, 0.6) is 0 Å². The monoisotopic (exact) mass is 423 g/mol. The van der Waals surface area contributed by atoms with Gasteiger partial charge in [0.1, 0.15) is 11.1 Å². The maximum atomic E-state index is 13.2. The summed E-state index contributed by atoms with van der Waals surface area (Å²) >= 11 is 1.70. The topological polar surface area (TPSA) is 62.3 Å². The molecule has 1 unspecified atom stereocenters. The number of benzene rings is 1. The fraction of sp³-hybridized carbons (Fsp3) is 0.458. The predicted molar refractivity (Wildman–Crippen MR) is 120 cm³/mol. The average molecular weight is 424 g/mol. The second-order valence-corrected chi connectivity index (χ2v) is 9.42. The van der Waals surface area contributed by atoms with E-state index in [2.05, 4.69) is 10.3 Å². The van der Waals surface area contributed by atoms with Crippen LogP contribution in [0.1, 0.15) is 54.4 Å². The van der Waals surface area contributed by atoms with E-state index in [9.17, 15) is 9.59 Å². The molecular weight excluding hydrogens is 394 g/mol. The number of pyridine rings is 1. The standard InChI is InChI=1S/C24H29N3O2S/c28-22(20-13-8-14-25-23(20)30-19-11-4-5-12-19)26-21(17-18-9-2-1-3-10-18)24(29)27-15-6-7-16-27/h1-3,8-10,13-14,19,21H,4-7,11-12,15-17H2,(H,26,28). The number of rotatable bonds is 7. The van der Waals surface area contributed by atoms with Crippen molar-refractivity contribution in [2.45, 2.75) is 61.3 Å².